The summed E-state index contributed by atoms with van der Waals surface area (Å²) in [6, 6.07) is 25.2. The summed E-state index contributed by atoms with van der Waals surface area (Å²) in [6.07, 6.45) is 0. The van der Waals surface area contributed by atoms with Crippen LogP contribution in [0.4, 0.5) is 5.69 Å². The van der Waals surface area contributed by atoms with Crippen molar-refractivity contribution in [3.8, 4) is 22.3 Å². The average Bonchev–Trinajstić information content (AvgIpc) is 2.49. The zero-order valence-corrected chi connectivity index (χ0v) is 11.5. The third kappa shape index (κ3) is 2.57. The molecule has 0 atom stereocenters. The number of nitrogen functional groups attached to an aromatic ring is 1. The van der Waals surface area contributed by atoms with Gasteiger partial charge >= 0.3 is 0 Å². The molecule has 0 aliphatic carbocycles. The predicted molar refractivity (Wildman–Crippen MR) is 86.5 cm³/mol. The van der Waals surface area contributed by atoms with E-state index in [-0.39, 0.29) is 0 Å². The number of hydrogen-bond donors (Lipinski definition) is 1. The lowest BCUT2D eigenvalue weighted by atomic mass is 9.98. The quantitative estimate of drug-likeness (QED) is 0.650. The summed E-state index contributed by atoms with van der Waals surface area (Å²) < 4.78 is 0. The first-order valence-corrected chi connectivity index (χ1v) is 6.75. The number of aryl methyl sites for hydroxylation is 1. The van der Waals surface area contributed by atoms with Gasteiger partial charge in [0, 0.05) is 5.69 Å². The molecule has 0 unspecified atom stereocenters. The van der Waals surface area contributed by atoms with Gasteiger partial charge in [-0.1, -0.05) is 60.2 Å². The Labute approximate surface area is 119 Å². The van der Waals surface area contributed by atoms with E-state index in [9.17, 15) is 0 Å². The Hall–Kier alpha value is -2.54. The third-order valence-electron chi connectivity index (χ3n) is 3.49. The minimum absolute atomic E-state index is 0.795. The topological polar surface area (TPSA) is 26.0 Å². The molecule has 0 aliphatic heterocycles. The van der Waals surface area contributed by atoms with E-state index in [0.29, 0.717) is 0 Å². The molecule has 0 spiro atoms. The van der Waals surface area contributed by atoms with Gasteiger partial charge in [-0.25, -0.2) is 0 Å². The molecule has 1 heteroatoms. The van der Waals surface area contributed by atoms with Crippen LogP contribution in [0.1, 0.15) is 5.56 Å². The highest BCUT2D eigenvalue weighted by Gasteiger charge is 2.01. The summed E-state index contributed by atoms with van der Waals surface area (Å²) in [4.78, 5) is 0. The number of benzene rings is 3. The van der Waals surface area contributed by atoms with E-state index < -0.39 is 0 Å². The molecule has 0 fully saturated rings. The normalized spacial score (nSPS) is 10.4. The first-order chi connectivity index (χ1) is 9.72. The summed E-state index contributed by atoms with van der Waals surface area (Å²) >= 11 is 0. The van der Waals surface area contributed by atoms with Crippen molar-refractivity contribution in [2.75, 3.05) is 5.73 Å². The molecule has 0 heterocycles. The van der Waals surface area contributed by atoms with E-state index in [1.54, 1.807) is 0 Å². The van der Waals surface area contributed by atoms with Gasteiger partial charge in [0.2, 0.25) is 0 Å². The summed E-state index contributed by atoms with van der Waals surface area (Å²) in [5, 5.41) is 0. The Kier molecular flexibility index (Phi) is 3.26. The number of anilines is 1. The lowest BCUT2D eigenvalue weighted by molar-refractivity contribution is 1.47. The molecule has 0 amide bonds. The molecule has 0 aliphatic rings. The van der Waals surface area contributed by atoms with Crippen LogP contribution in [0.25, 0.3) is 22.3 Å². The molecule has 0 saturated carbocycles. The van der Waals surface area contributed by atoms with Gasteiger partial charge in [-0.2, -0.15) is 0 Å². The van der Waals surface area contributed by atoms with Gasteiger partial charge in [-0.05, 0) is 47.4 Å². The molecule has 0 radical (unpaired) electrons. The first kappa shape index (κ1) is 12.5. The van der Waals surface area contributed by atoms with Crippen molar-refractivity contribution in [1.29, 1.82) is 0 Å². The smallest absolute Gasteiger partial charge is 0.0314 e. The van der Waals surface area contributed by atoms with Crippen LogP contribution in [0.5, 0.6) is 0 Å². The Morgan fingerprint density at radius 2 is 1.10 bits per heavy atom. The Morgan fingerprint density at radius 3 is 1.65 bits per heavy atom. The maximum atomic E-state index is 5.74. The summed E-state index contributed by atoms with van der Waals surface area (Å²) in [7, 11) is 0. The van der Waals surface area contributed by atoms with Crippen molar-refractivity contribution in [2.45, 2.75) is 6.92 Å². The molecule has 0 saturated heterocycles. The second-order valence-electron chi connectivity index (χ2n) is 5.07. The highest BCUT2D eigenvalue weighted by molar-refractivity contribution is 5.73. The second-order valence-corrected chi connectivity index (χ2v) is 5.07. The van der Waals surface area contributed by atoms with Gasteiger partial charge in [0.1, 0.15) is 0 Å². The van der Waals surface area contributed by atoms with Crippen molar-refractivity contribution >= 4 is 5.69 Å². The molecule has 3 rings (SSSR count). The maximum absolute atomic E-state index is 5.74. The standard InChI is InChI=1S/C19H17N/c1-14-5-7-15(8-6-14)17-3-2-4-18(13-17)16-9-11-19(20)12-10-16/h2-13H,20H2,1H3. The van der Waals surface area contributed by atoms with E-state index >= 15 is 0 Å². The monoisotopic (exact) mass is 259 g/mol. The zero-order valence-electron chi connectivity index (χ0n) is 11.5. The molecule has 3 aromatic carbocycles. The second kappa shape index (κ2) is 5.22. The van der Waals surface area contributed by atoms with Gasteiger partial charge in [0.15, 0.2) is 0 Å². The molecular weight excluding hydrogens is 242 g/mol. The van der Waals surface area contributed by atoms with Crippen LogP contribution in [-0.2, 0) is 0 Å². The number of rotatable bonds is 2. The van der Waals surface area contributed by atoms with Crippen molar-refractivity contribution in [3.05, 3.63) is 78.4 Å². The molecule has 0 aromatic heterocycles. The van der Waals surface area contributed by atoms with Crippen molar-refractivity contribution in [1.82, 2.24) is 0 Å². The molecule has 0 bridgehead atoms. The predicted octanol–water partition coefficient (Wildman–Crippen LogP) is 4.91. The average molecular weight is 259 g/mol. The summed E-state index contributed by atoms with van der Waals surface area (Å²) in [6.45, 7) is 2.11. The van der Waals surface area contributed by atoms with Gasteiger partial charge < -0.3 is 5.73 Å². The number of hydrogen-bond acceptors (Lipinski definition) is 1. The van der Waals surface area contributed by atoms with E-state index in [1.165, 1.54) is 27.8 Å². The SMILES string of the molecule is Cc1ccc(-c2cccc(-c3ccc(N)cc3)c2)cc1. The van der Waals surface area contributed by atoms with E-state index in [2.05, 4.69) is 67.6 Å². The minimum Gasteiger partial charge on any atom is -0.399 e. The van der Waals surface area contributed by atoms with Crippen LogP contribution in [0.15, 0.2) is 72.8 Å². The molecule has 98 valence electrons. The lowest BCUT2D eigenvalue weighted by Crippen LogP contribution is -1.85. The van der Waals surface area contributed by atoms with Crippen LogP contribution >= 0.6 is 0 Å². The van der Waals surface area contributed by atoms with Crippen molar-refractivity contribution < 1.29 is 0 Å². The molecule has 1 nitrogen and oxygen atoms in total. The van der Waals surface area contributed by atoms with Crippen LogP contribution in [0, 0.1) is 6.92 Å². The van der Waals surface area contributed by atoms with Crippen LogP contribution < -0.4 is 5.73 Å². The van der Waals surface area contributed by atoms with Gasteiger partial charge in [0.05, 0.1) is 0 Å². The van der Waals surface area contributed by atoms with Gasteiger partial charge in [-0.3, -0.25) is 0 Å². The fourth-order valence-corrected chi connectivity index (χ4v) is 2.30. The Balaban J connectivity index is 2.01. The largest absolute Gasteiger partial charge is 0.399 e. The van der Waals surface area contributed by atoms with Crippen LogP contribution in [-0.4, -0.2) is 0 Å². The Morgan fingerprint density at radius 1 is 0.600 bits per heavy atom. The molecule has 3 aromatic rings. The minimum atomic E-state index is 0.795. The highest BCUT2D eigenvalue weighted by Crippen LogP contribution is 2.27. The van der Waals surface area contributed by atoms with Gasteiger partial charge in [-0.15, -0.1) is 0 Å². The third-order valence-corrected chi connectivity index (χ3v) is 3.49. The van der Waals surface area contributed by atoms with E-state index in [0.717, 1.165) is 5.69 Å². The van der Waals surface area contributed by atoms with Crippen LogP contribution in [0.3, 0.4) is 0 Å². The van der Waals surface area contributed by atoms with Gasteiger partial charge in [0.25, 0.3) is 0 Å². The lowest BCUT2D eigenvalue weighted by Gasteiger charge is -2.07. The van der Waals surface area contributed by atoms with Crippen LogP contribution in [0.2, 0.25) is 0 Å². The number of nitrogens with two attached hydrogens (primary N) is 1. The van der Waals surface area contributed by atoms with E-state index in [1.807, 2.05) is 12.1 Å². The summed E-state index contributed by atoms with van der Waals surface area (Å²) in [5.41, 5.74) is 12.7. The fourth-order valence-electron chi connectivity index (χ4n) is 2.30. The highest BCUT2D eigenvalue weighted by atomic mass is 14.5. The van der Waals surface area contributed by atoms with Crippen molar-refractivity contribution in [3.63, 3.8) is 0 Å². The summed E-state index contributed by atoms with van der Waals surface area (Å²) in [5.74, 6) is 0. The fraction of sp³-hybridized carbons (Fsp3) is 0.0526. The first-order valence-electron chi connectivity index (χ1n) is 6.75. The zero-order chi connectivity index (χ0) is 13.9. The van der Waals surface area contributed by atoms with E-state index in [4.69, 9.17) is 5.73 Å². The molecular formula is C19H17N. The molecule has 2 N–H and O–H groups in total. The molecule has 20 heavy (non-hydrogen) atoms. The Bertz CT molecular complexity index is 649. The maximum Gasteiger partial charge on any atom is 0.0314 e. The van der Waals surface area contributed by atoms with Crippen molar-refractivity contribution in [2.24, 2.45) is 0 Å².